The number of carbonyl (C=O) groups excluding carboxylic acids is 2. The molecule has 8 nitrogen and oxygen atoms in total. The Hall–Kier alpha value is -1.96. The van der Waals surface area contributed by atoms with Gasteiger partial charge in [-0.1, -0.05) is 0 Å². The molecule has 0 bridgehead atoms. The predicted octanol–water partition coefficient (Wildman–Crippen LogP) is 1.01. The number of nitrogens with one attached hydrogen (secondary N) is 1. The highest BCUT2D eigenvalue weighted by Crippen LogP contribution is 2.20. The topological polar surface area (TPSA) is 89.4 Å². The first-order valence-electron chi connectivity index (χ1n) is 9.01. The Kier molecular flexibility index (Phi) is 7.36. The fourth-order valence-electron chi connectivity index (χ4n) is 2.90. The SMILES string of the molecule is CC(C)OCCCNC(=O)C1CCN(C(=O)[C@@H](C)n2cncn2)CC1. The third kappa shape index (κ3) is 5.81. The van der Waals surface area contributed by atoms with Gasteiger partial charge in [-0.05, 0) is 40.0 Å². The maximum atomic E-state index is 12.5. The quantitative estimate of drug-likeness (QED) is 0.706. The number of hydrogen-bond donors (Lipinski definition) is 1. The minimum Gasteiger partial charge on any atom is -0.379 e. The molecule has 1 atom stereocenters. The zero-order valence-corrected chi connectivity index (χ0v) is 15.4. The molecule has 0 unspecified atom stereocenters. The zero-order valence-electron chi connectivity index (χ0n) is 15.4. The lowest BCUT2D eigenvalue weighted by Gasteiger charge is -2.33. The summed E-state index contributed by atoms with van der Waals surface area (Å²) in [6, 6.07) is -0.367. The fourth-order valence-corrected chi connectivity index (χ4v) is 2.90. The molecule has 1 aromatic heterocycles. The second-order valence-corrected chi connectivity index (χ2v) is 6.72. The van der Waals surface area contributed by atoms with Crippen LogP contribution >= 0.6 is 0 Å². The van der Waals surface area contributed by atoms with Crippen LogP contribution in [0.5, 0.6) is 0 Å². The Morgan fingerprint density at radius 2 is 2.00 bits per heavy atom. The molecule has 8 heteroatoms. The second-order valence-electron chi connectivity index (χ2n) is 6.72. The summed E-state index contributed by atoms with van der Waals surface area (Å²) < 4.78 is 7.01. The summed E-state index contributed by atoms with van der Waals surface area (Å²) in [4.78, 5) is 30.4. The highest BCUT2D eigenvalue weighted by atomic mass is 16.5. The van der Waals surface area contributed by atoms with Gasteiger partial charge in [0.05, 0.1) is 6.10 Å². The standard InChI is InChI=1S/C17H29N5O3/c1-13(2)25-10-4-7-19-16(23)15-5-8-21(9-6-15)17(24)14(3)22-12-18-11-20-22/h11-15H,4-10H2,1-3H3,(H,19,23)/t14-/m1/s1. The van der Waals surface area contributed by atoms with E-state index in [4.69, 9.17) is 4.74 Å². The van der Waals surface area contributed by atoms with Crippen molar-refractivity contribution in [1.29, 1.82) is 0 Å². The van der Waals surface area contributed by atoms with Crippen LogP contribution in [0.3, 0.4) is 0 Å². The molecule has 2 amide bonds. The molecule has 1 N–H and O–H groups in total. The van der Waals surface area contributed by atoms with E-state index in [1.54, 1.807) is 11.0 Å². The van der Waals surface area contributed by atoms with Crippen LogP contribution in [-0.2, 0) is 14.3 Å². The van der Waals surface area contributed by atoms with Crippen molar-refractivity contribution in [1.82, 2.24) is 25.0 Å². The molecule has 1 aromatic rings. The van der Waals surface area contributed by atoms with Gasteiger partial charge in [-0.25, -0.2) is 9.67 Å². The number of nitrogens with zero attached hydrogens (tertiary/aromatic N) is 4. The average Bonchev–Trinajstić information content (AvgIpc) is 3.14. The first-order valence-corrected chi connectivity index (χ1v) is 9.01. The molecule has 2 heterocycles. The Labute approximate surface area is 148 Å². The van der Waals surface area contributed by atoms with Crippen LogP contribution < -0.4 is 5.32 Å². The summed E-state index contributed by atoms with van der Waals surface area (Å²) >= 11 is 0. The Morgan fingerprint density at radius 1 is 1.28 bits per heavy atom. The van der Waals surface area contributed by atoms with Crippen molar-refractivity contribution in [3.05, 3.63) is 12.7 Å². The van der Waals surface area contributed by atoms with E-state index < -0.39 is 0 Å². The molecule has 0 saturated carbocycles. The number of hydrogen-bond acceptors (Lipinski definition) is 5. The lowest BCUT2D eigenvalue weighted by molar-refractivity contribution is -0.138. The van der Waals surface area contributed by atoms with E-state index in [0.717, 1.165) is 6.42 Å². The van der Waals surface area contributed by atoms with E-state index in [0.29, 0.717) is 39.1 Å². The fraction of sp³-hybridized carbons (Fsp3) is 0.765. The number of likely N-dealkylation sites (tertiary alicyclic amines) is 1. The van der Waals surface area contributed by atoms with Gasteiger partial charge in [0.2, 0.25) is 11.8 Å². The number of rotatable bonds is 8. The monoisotopic (exact) mass is 351 g/mol. The van der Waals surface area contributed by atoms with E-state index in [-0.39, 0.29) is 29.9 Å². The highest BCUT2D eigenvalue weighted by molar-refractivity contribution is 5.81. The summed E-state index contributed by atoms with van der Waals surface area (Å²) in [5.41, 5.74) is 0. The molecular formula is C17H29N5O3. The lowest BCUT2D eigenvalue weighted by Crippen LogP contribution is -2.45. The number of ether oxygens (including phenoxy) is 1. The van der Waals surface area contributed by atoms with Crippen molar-refractivity contribution in [2.75, 3.05) is 26.2 Å². The van der Waals surface area contributed by atoms with E-state index in [9.17, 15) is 9.59 Å². The highest BCUT2D eigenvalue weighted by Gasteiger charge is 2.29. The normalized spacial score (nSPS) is 16.9. The van der Waals surface area contributed by atoms with E-state index >= 15 is 0 Å². The third-order valence-electron chi connectivity index (χ3n) is 4.44. The van der Waals surface area contributed by atoms with Gasteiger partial charge in [-0.3, -0.25) is 9.59 Å². The molecular weight excluding hydrogens is 322 g/mol. The van der Waals surface area contributed by atoms with Gasteiger partial charge in [0, 0.05) is 32.2 Å². The van der Waals surface area contributed by atoms with Crippen molar-refractivity contribution in [2.45, 2.75) is 52.2 Å². The number of aromatic nitrogens is 3. The van der Waals surface area contributed by atoms with Gasteiger partial charge in [0.25, 0.3) is 0 Å². The van der Waals surface area contributed by atoms with Crippen LogP contribution in [0, 0.1) is 5.92 Å². The molecule has 2 rings (SSSR count). The summed E-state index contributed by atoms with van der Waals surface area (Å²) in [6.45, 7) is 8.31. The molecule has 1 aliphatic heterocycles. The van der Waals surface area contributed by atoms with Crippen molar-refractivity contribution in [2.24, 2.45) is 5.92 Å². The van der Waals surface area contributed by atoms with Crippen LogP contribution in [0.4, 0.5) is 0 Å². The first kappa shape index (κ1) is 19.4. The summed E-state index contributed by atoms with van der Waals surface area (Å²) in [5, 5.41) is 6.99. The van der Waals surface area contributed by atoms with Crippen molar-refractivity contribution in [3.8, 4) is 0 Å². The maximum absolute atomic E-state index is 12.5. The molecule has 1 fully saturated rings. The number of amides is 2. The van der Waals surface area contributed by atoms with Gasteiger partial charge >= 0.3 is 0 Å². The van der Waals surface area contributed by atoms with Crippen molar-refractivity contribution < 1.29 is 14.3 Å². The van der Waals surface area contributed by atoms with Crippen molar-refractivity contribution in [3.63, 3.8) is 0 Å². The maximum Gasteiger partial charge on any atom is 0.247 e. The molecule has 1 aliphatic rings. The van der Waals surface area contributed by atoms with Gasteiger partial charge < -0.3 is 15.0 Å². The average molecular weight is 351 g/mol. The molecule has 0 radical (unpaired) electrons. The largest absolute Gasteiger partial charge is 0.379 e. The molecule has 0 aromatic carbocycles. The molecule has 0 aliphatic carbocycles. The van der Waals surface area contributed by atoms with E-state index in [1.807, 2.05) is 25.7 Å². The van der Waals surface area contributed by atoms with Gasteiger partial charge in [0.15, 0.2) is 0 Å². The molecule has 140 valence electrons. The Balaban J connectivity index is 1.68. The summed E-state index contributed by atoms with van der Waals surface area (Å²) in [5.74, 6) is 0.0907. The minimum atomic E-state index is -0.367. The lowest BCUT2D eigenvalue weighted by atomic mass is 9.95. The summed E-state index contributed by atoms with van der Waals surface area (Å²) in [6.07, 6.45) is 5.40. The van der Waals surface area contributed by atoms with Crippen LogP contribution in [0.15, 0.2) is 12.7 Å². The Morgan fingerprint density at radius 3 is 2.60 bits per heavy atom. The van der Waals surface area contributed by atoms with Gasteiger partial charge in [0.1, 0.15) is 18.7 Å². The van der Waals surface area contributed by atoms with Crippen molar-refractivity contribution >= 4 is 11.8 Å². The van der Waals surface area contributed by atoms with Crippen LogP contribution in [0.2, 0.25) is 0 Å². The van der Waals surface area contributed by atoms with E-state index in [2.05, 4.69) is 15.4 Å². The molecule has 1 saturated heterocycles. The van der Waals surface area contributed by atoms with Crippen LogP contribution in [0.1, 0.15) is 46.1 Å². The van der Waals surface area contributed by atoms with Gasteiger partial charge in [-0.15, -0.1) is 0 Å². The number of carbonyl (C=O) groups is 2. The summed E-state index contributed by atoms with van der Waals surface area (Å²) in [7, 11) is 0. The molecule has 25 heavy (non-hydrogen) atoms. The smallest absolute Gasteiger partial charge is 0.247 e. The number of piperidine rings is 1. The zero-order chi connectivity index (χ0) is 18.2. The second kappa shape index (κ2) is 9.50. The predicted molar refractivity (Wildman–Crippen MR) is 92.8 cm³/mol. The third-order valence-corrected chi connectivity index (χ3v) is 4.44. The Bertz CT molecular complexity index is 538. The minimum absolute atomic E-state index is 0.0169. The van der Waals surface area contributed by atoms with Gasteiger partial charge in [-0.2, -0.15) is 5.10 Å². The van der Waals surface area contributed by atoms with Crippen LogP contribution in [0.25, 0.3) is 0 Å². The van der Waals surface area contributed by atoms with E-state index in [1.165, 1.54) is 6.33 Å². The first-order chi connectivity index (χ1) is 12.0. The van der Waals surface area contributed by atoms with Crippen LogP contribution in [-0.4, -0.2) is 63.8 Å². The molecule has 0 spiro atoms.